The molecule has 26 heavy (non-hydrogen) atoms. The van der Waals surface area contributed by atoms with Crippen molar-refractivity contribution in [3.63, 3.8) is 0 Å². The van der Waals surface area contributed by atoms with Crippen molar-refractivity contribution in [3.05, 3.63) is 52.4 Å². The number of benzene rings is 1. The van der Waals surface area contributed by atoms with Crippen LogP contribution >= 0.6 is 11.6 Å². The molecule has 1 aliphatic heterocycles. The number of halogens is 1. The van der Waals surface area contributed by atoms with E-state index in [9.17, 15) is 4.79 Å². The average Bonchev–Trinajstić information content (AvgIpc) is 2.90. The van der Waals surface area contributed by atoms with Crippen LogP contribution in [0.15, 0.2) is 30.3 Å². The minimum Gasteiger partial charge on any atom is -0.356 e. The van der Waals surface area contributed by atoms with E-state index in [0.717, 1.165) is 30.9 Å². The number of aryl methyl sites for hydroxylation is 1. The first-order valence-electron chi connectivity index (χ1n) is 9.25. The van der Waals surface area contributed by atoms with Crippen molar-refractivity contribution >= 4 is 23.3 Å². The maximum absolute atomic E-state index is 12.5. The second-order valence-corrected chi connectivity index (χ2v) is 7.13. The van der Waals surface area contributed by atoms with Crippen molar-refractivity contribution in [2.75, 3.05) is 24.5 Å². The van der Waals surface area contributed by atoms with Crippen LogP contribution in [0.4, 0.5) is 5.82 Å². The van der Waals surface area contributed by atoms with Gasteiger partial charge in [-0.3, -0.25) is 4.79 Å². The van der Waals surface area contributed by atoms with Crippen molar-refractivity contribution in [1.82, 2.24) is 15.3 Å². The summed E-state index contributed by atoms with van der Waals surface area (Å²) in [4.78, 5) is 23.6. The SMILES string of the molecule is Cc1nc(C(=O)NCCc2cccc(Cl)c2)cc(N2CCCCCC2)n1. The third-order valence-corrected chi connectivity index (χ3v) is 4.81. The Balaban J connectivity index is 1.63. The van der Waals surface area contributed by atoms with Gasteiger partial charge in [-0.1, -0.05) is 36.6 Å². The van der Waals surface area contributed by atoms with Gasteiger partial charge in [0.25, 0.3) is 5.91 Å². The number of anilines is 1. The predicted molar refractivity (Wildman–Crippen MR) is 105 cm³/mol. The fourth-order valence-corrected chi connectivity index (χ4v) is 3.45. The van der Waals surface area contributed by atoms with Crippen LogP contribution < -0.4 is 10.2 Å². The molecule has 2 aromatic rings. The van der Waals surface area contributed by atoms with Gasteiger partial charge in [-0.15, -0.1) is 0 Å². The number of carbonyl (C=O) groups excluding carboxylic acids is 1. The quantitative estimate of drug-likeness (QED) is 0.867. The number of hydrogen-bond donors (Lipinski definition) is 1. The molecular formula is C20H25ClN4O. The third kappa shape index (κ3) is 5.18. The molecule has 3 rings (SSSR count). The zero-order valence-corrected chi connectivity index (χ0v) is 15.9. The highest BCUT2D eigenvalue weighted by Crippen LogP contribution is 2.18. The lowest BCUT2D eigenvalue weighted by Gasteiger charge is -2.22. The molecule has 0 aliphatic carbocycles. The predicted octanol–water partition coefficient (Wildman–Crippen LogP) is 3.79. The minimum absolute atomic E-state index is 0.159. The first-order chi connectivity index (χ1) is 12.6. The summed E-state index contributed by atoms with van der Waals surface area (Å²) >= 11 is 5.99. The molecule has 0 saturated carbocycles. The van der Waals surface area contributed by atoms with Gasteiger partial charge < -0.3 is 10.2 Å². The molecule has 1 aliphatic rings. The summed E-state index contributed by atoms with van der Waals surface area (Å²) in [5, 5.41) is 3.66. The fraction of sp³-hybridized carbons (Fsp3) is 0.450. The smallest absolute Gasteiger partial charge is 0.270 e. The van der Waals surface area contributed by atoms with Crippen LogP contribution in [0.1, 0.15) is 47.6 Å². The molecule has 0 atom stereocenters. The minimum atomic E-state index is -0.159. The molecule has 0 unspecified atom stereocenters. The number of carbonyl (C=O) groups is 1. The van der Waals surface area contributed by atoms with E-state index < -0.39 is 0 Å². The molecule has 1 aromatic heterocycles. The van der Waals surface area contributed by atoms with Gasteiger partial charge in [0.2, 0.25) is 0 Å². The van der Waals surface area contributed by atoms with E-state index >= 15 is 0 Å². The summed E-state index contributed by atoms with van der Waals surface area (Å²) in [6.07, 6.45) is 5.60. The van der Waals surface area contributed by atoms with Crippen LogP contribution in [0.2, 0.25) is 5.02 Å². The topological polar surface area (TPSA) is 58.1 Å². The van der Waals surface area contributed by atoms with E-state index in [1.54, 1.807) is 0 Å². The summed E-state index contributed by atoms with van der Waals surface area (Å²) in [6.45, 7) is 4.36. The second kappa shape index (κ2) is 8.99. The average molecular weight is 373 g/mol. The van der Waals surface area contributed by atoms with Gasteiger partial charge in [0.15, 0.2) is 0 Å². The molecule has 138 valence electrons. The van der Waals surface area contributed by atoms with Crippen LogP contribution in [-0.2, 0) is 6.42 Å². The van der Waals surface area contributed by atoms with Crippen molar-refractivity contribution in [1.29, 1.82) is 0 Å². The summed E-state index contributed by atoms with van der Waals surface area (Å²) < 4.78 is 0. The highest BCUT2D eigenvalue weighted by Gasteiger charge is 2.15. The maximum Gasteiger partial charge on any atom is 0.270 e. The Morgan fingerprint density at radius 1 is 1.15 bits per heavy atom. The van der Waals surface area contributed by atoms with Crippen LogP contribution in [0, 0.1) is 6.92 Å². The molecule has 1 fully saturated rings. The lowest BCUT2D eigenvalue weighted by atomic mass is 10.1. The number of rotatable bonds is 5. The van der Waals surface area contributed by atoms with Crippen molar-refractivity contribution in [2.24, 2.45) is 0 Å². The molecule has 5 nitrogen and oxygen atoms in total. The summed E-state index contributed by atoms with van der Waals surface area (Å²) in [7, 11) is 0. The van der Waals surface area contributed by atoms with Gasteiger partial charge in [-0.2, -0.15) is 0 Å². The molecular weight excluding hydrogens is 348 g/mol. The van der Waals surface area contributed by atoms with Gasteiger partial charge in [0.1, 0.15) is 17.3 Å². The first kappa shape index (κ1) is 18.6. The van der Waals surface area contributed by atoms with E-state index in [1.807, 2.05) is 37.3 Å². The van der Waals surface area contributed by atoms with Crippen LogP contribution in [0.3, 0.4) is 0 Å². The molecule has 1 saturated heterocycles. The van der Waals surface area contributed by atoms with Gasteiger partial charge in [-0.25, -0.2) is 9.97 Å². The van der Waals surface area contributed by atoms with Crippen LogP contribution in [-0.4, -0.2) is 35.5 Å². The first-order valence-corrected chi connectivity index (χ1v) is 9.63. The third-order valence-electron chi connectivity index (χ3n) is 4.58. The molecule has 1 amide bonds. The Bertz CT molecular complexity index is 757. The fourth-order valence-electron chi connectivity index (χ4n) is 3.23. The van der Waals surface area contributed by atoms with Crippen molar-refractivity contribution in [3.8, 4) is 0 Å². The maximum atomic E-state index is 12.5. The number of nitrogens with one attached hydrogen (secondary N) is 1. The number of nitrogens with zero attached hydrogens (tertiary/aromatic N) is 3. The highest BCUT2D eigenvalue weighted by molar-refractivity contribution is 6.30. The van der Waals surface area contributed by atoms with E-state index in [-0.39, 0.29) is 5.91 Å². The molecule has 0 bridgehead atoms. The van der Waals surface area contributed by atoms with Gasteiger partial charge in [-0.05, 0) is 43.9 Å². The molecule has 1 N–H and O–H groups in total. The number of aromatic nitrogens is 2. The van der Waals surface area contributed by atoms with Gasteiger partial charge in [0, 0.05) is 30.7 Å². The van der Waals surface area contributed by atoms with Gasteiger partial charge in [0.05, 0.1) is 0 Å². The Morgan fingerprint density at radius 2 is 1.92 bits per heavy atom. The summed E-state index contributed by atoms with van der Waals surface area (Å²) in [5.41, 5.74) is 1.53. The highest BCUT2D eigenvalue weighted by atomic mass is 35.5. The van der Waals surface area contributed by atoms with E-state index in [1.165, 1.54) is 25.7 Å². The second-order valence-electron chi connectivity index (χ2n) is 6.70. The van der Waals surface area contributed by atoms with E-state index in [4.69, 9.17) is 11.6 Å². The lowest BCUT2D eigenvalue weighted by molar-refractivity contribution is 0.0948. The zero-order chi connectivity index (χ0) is 18.4. The largest absolute Gasteiger partial charge is 0.356 e. The van der Waals surface area contributed by atoms with Gasteiger partial charge >= 0.3 is 0 Å². The Morgan fingerprint density at radius 3 is 2.65 bits per heavy atom. The normalized spacial score (nSPS) is 14.8. The van der Waals surface area contributed by atoms with Crippen molar-refractivity contribution < 1.29 is 4.79 Å². The Hall–Kier alpha value is -2.14. The van der Waals surface area contributed by atoms with E-state index in [0.29, 0.717) is 23.1 Å². The Kier molecular flexibility index (Phi) is 6.45. The molecule has 0 radical (unpaired) electrons. The lowest BCUT2D eigenvalue weighted by Crippen LogP contribution is -2.29. The summed E-state index contributed by atoms with van der Waals surface area (Å²) in [5.74, 6) is 1.33. The zero-order valence-electron chi connectivity index (χ0n) is 15.2. The molecule has 0 spiro atoms. The number of hydrogen-bond acceptors (Lipinski definition) is 4. The van der Waals surface area contributed by atoms with Crippen LogP contribution in [0.5, 0.6) is 0 Å². The molecule has 2 heterocycles. The molecule has 1 aromatic carbocycles. The Labute approximate surface area is 159 Å². The monoisotopic (exact) mass is 372 g/mol. The van der Waals surface area contributed by atoms with Crippen LogP contribution in [0.25, 0.3) is 0 Å². The molecule has 6 heteroatoms. The van der Waals surface area contributed by atoms with E-state index in [2.05, 4.69) is 20.2 Å². The van der Waals surface area contributed by atoms with Crippen molar-refractivity contribution in [2.45, 2.75) is 39.0 Å². The number of amides is 1. The summed E-state index contributed by atoms with van der Waals surface area (Å²) in [6, 6.07) is 9.50. The standard InChI is InChI=1S/C20H25ClN4O/c1-15-23-18(14-19(24-15)25-11-4-2-3-5-12-25)20(26)22-10-9-16-7-6-8-17(21)13-16/h6-8,13-14H,2-5,9-12H2,1H3,(H,22,26).